The highest BCUT2D eigenvalue weighted by atomic mass is 16.5. The average molecular weight is 298 g/mol. The lowest BCUT2D eigenvalue weighted by Crippen LogP contribution is -2.54. The van der Waals surface area contributed by atoms with E-state index < -0.39 is 0 Å². The summed E-state index contributed by atoms with van der Waals surface area (Å²) in [5.74, 6) is 0.871. The van der Waals surface area contributed by atoms with Crippen molar-refractivity contribution in [1.29, 1.82) is 0 Å². The Kier molecular flexibility index (Phi) is 6.48. The molecule has 1 saturated carbocycles. The van der Waals surface area contributed by atoms with Gasteiger partial charge in [0.25, 0.3) is 0 Å². The molecule has 4 heteroatoms. The van der Waals surface area contributed by atoms with Gasteiger partial charge in [-0.15, -0.1) is 0 Å². The molecule has 124 valence electrons. The van der Waals surface area contributed by atoms with E-state index in [0.717, 1.165) is 32.2 Å². The van der Waals surface area contributed by atoms with Crippen LogP contribution in [-0.2, 0) is 4.74 Å². The molecule has 2 N–H and O–H groups in total. The van der Waals surface area contributed by atoms with Gasteiger partial charge in [-0.1, -0.05) is 33.6 Å². The van der Waals surface area contributed by atoms with E-state index >= 15 is 0 Å². The molecular formula is C17H34N2O2. The van der Waals surface area contributed by atoms with Crippen LogP contribution in [0.5, 0.6) is 0 Å². The van der Waals surface area contributed by atoms with Gasteiger partial charge in [0, 0.05) is 25.7 Å². The molecule has 2 aliphatic rings. The Labute approximate surface area is 130 Å². The molecule has 0 aromatic heterocycles. The van der Waals surface area contributed by atoms with Crippen LogP contribution < -0.4 is 5.32 Å². The zero-order valence-electron chi connectivity index (χ0n) is 14.1. The van der Waals surface area contributed by atoms with Crippen LogP contribution >= 0.6 is 0 Å². The minimum atomic E-state index is 0.189. The Balaban J connectivity index is 2.00. The highest BCUT2D eigenvalue weighted by molar-refractivity contribution is 4.91. The molecule has 0 bridgehead atoms. The molecule has 0 aromatic carbocycles. The van der Waals surface area contributed by atoms with E-state index in [0.29, 0.717) is 18.1 Å². The Morgan fingerprint density at radius 1 is 1.33 bits per heavy atom. The van der Waals surface area contributed by atoms with E-state index in [1.165, 1.54) is 25.7 Å². The Hall–Kier alpha value is -0.160. The average Bonchev–Trinajstić information content (AvgIpc) is 2.49. The van der Waals surface area contributed by atoms with Crippen molar-refractivity contribution in [3.05, 3.63) is 0 Å². The number of nitrogens with zero attached hydrogens (tertiary/aromatic N) is 1. The first-order valence-electron chi connectivity index (χ1n) is 8.71. The molecule has 1 heterocycles. The van der Waals surface area contributed by atoms with Gasteiger partial charge in [0.2, 0.25) is 0 Å². The number of nitrogens with one attached hydrogen (secondary N) is 1. The first kappa shape index (κ1) is 17.2. The Morgan fingerprint density at radius 2 is 2.05 bits per heavy atom. The summed E-state index contributed by atoms with van der Waals surface area (Å²) < 4.78 is 5.52. The van der Waals surface area contributed by atoms with Crippen LogP contribution in [0.1, 0.15) is 46.5 Å². The van der Waals surface area contributed by atoms with Gasteiger partial charge >= 0.3 is 0 Å². The molecule has 0 amide bonds. The highest BCUT2D eigenvalue weighted by Crippen LogP contribution is 2.39. The number of hydrogen-bond acceptors (Lipinski definition) is 4. The molecule has 1 aliphatic heterocycles. The van der Waals surface area contributed by atoms with Crippen LogP contribution in [0.2, 0.25) is 0 Å². The molecule has 1 atom stereocenters. The fraction of sp³-hybridized carbons (Fsp3) is 1.00. The predicted octanol–water partition coefficient (Wildman–Crippen LogP) is 1.87. The van der Waals surface area contributed by atoms with Crippen LogP contribution in [0, 0.1) is 11.3 Å². The maximum absolute atomic E-state index is 9.60. The second-order valence-electron chi connectivity index (χ2n) is 7.60. The van der Waals surface area contributed by atoms with Gasteiger partial charge in [0.1, 0.15) is 0 Å². The third-order valence-corrected chi connectivity index (χ3v) is 5.32. The summed E-state index contributed by atoms with van der Waals surface area (Å²) in [5.41, 5.74) is 0.377. The second-order valence-corrected chi connectivity index (χ2v) is 7.60. The highest BCUT2D eigenvalue weighted by Gasteiger charge is 2.37. The molecule has 0 radical (unpaired) electrons. The maximum atomic E-state index is 9.60. The molecule has 0 spiro atoms. The summed E-state index contributed by atoms with van der Waals surface area (Å²) in [6.45, 7) is 11.7. The summed E-state index contributed by atoms with van der Waals surface area (Å²) in [6.07, 6.45) is 5.30. The molecule has 0 aromatic rings. The van der Waals surface area contributed by atoms with Gasteiger partial charge in [0.15, 0.2) is 0 Å². The van der Waals surface area contributed by atoms with Crippen LogP contribution in [0.15, 0.2) is 0 Å². The standard InChI is InChI=1S/C17H34N2O2/c1-14(2)18-12-17(6-4-15(3)5-7-17)13-19-8-9-21-11-16(19)10-20/h14-16,18,20H,4-13H2,1-3H3. The number of aliphatic hydroxyl groups excluding tert-OH is 1. The number of hydrogen-bond donors (Lipinski definition) is 2. The third-order valence-electron chi connectivity index (χ3n) is 5.32. The van der Waals surface area contributed by atoms with Crippen molar-refractivity contribution < 1.29 is 9.84 Å². The van der Waals surface area contributed by atoms with Gasteiger partial charge in [-0.3, -0.25) is 4.90 Å². The second kappa shape index (κ2) is 7.91. The fourth-order valence-corrected chi connectivity index (χ4v) is 3.68. The zero-order valence-corrected chi connectivity index (χ0v) is 14.1. The fourth-order valence-electron chi connectivity index (χ4n) is 3.68. The summed E-state index contributed by atoms with van der Waals surface area (Å²) in [7, 11) is 0. The van der Waals surface area contributed by atoms with Crippen molar-refractivity contribution in [3.8, 4) is 0 Å². The van der Waals surface area contributed by atoms with Crippen molar-refractivity contribution in [1.82, 2.24) is 10.2 Å². The molecule has 1 unspecified atom stereocenters. The quantitative estimate of drug-likeness (QED) is 0.786. The van der Waals surface area contributed by atoms with Crippen LogP contribution in [-0.4, -0.2) is 61.5 Å². The SMILES string of the molecule is CC1CCC(CNC(C)C)(CN2CCOCC2CO)CC1. The molecule has 1 aliphatic carbocycles. The van der Waals surface area contributed by atoms with E-state index in [4.69, 9.17) is 4.74 Å². The lowest BCUT2D eigenvalue weighted by molar-refractivity contribution is -0.0515. The summed E-state index contributed by atoms with van der Waals surface area (Å²) >= 11 is 0. The van der Waals surface area contributed by atoms with Crippen molar-refractivity contribution in [2.24, 2.45) is 11.3 Å². The molecule has 1 saturated heterocycles. The summed E-state index contributed by atoms with van der Waals surface area (Å²) in [5, 5.41) is 13.3. The van der Waals surface area contributed by atoms with Gasteiger partial charge in [0.05, 0.1) is 25.9 Å². The molecule has 21 heavy (non-hydrogen) atoms. The van der Waals surface area contributed by atoms with E-state index in [1.807, 2.05) is 0 Å². The van der Waals surface area contributed by atoms with E-state index in [1.54, 1.807) is 0 Å². The van der Waals surface area contributed by atoms with Gasteiger partial charge in [-0.25, -0.2) is 0 Å². The van der Waals surface area contributed by atoms with Crippen LogP contribution in [0.25, 0.3) is 0 Å². The normalized spacial score (nSPS) is 35.3. The monoisotopic (exact) mass is 298 g/mol. The van der Waals surface area contributed by atoms with Crippen molar-refractivity contribution in [2.75, 3.05) is 39.5 Å². The number of morpholine rings is 1. The maximum Gasteiger partial charge on any atom is 0.0644 e. The number of ether oxygens (including phenoxy) is 1. The molecular weight excluding hydrogens is 264 g/mol. The third kappa shape index (κ3) is 4.92. The van der Waals surface area contributed by atoms with Crippen molar-refractivity contribution >= 4 is 0 Å². The Bertz CT molecular complexity index is 301. The van der Waals surface area contributed by atoms with E-state index in [-0.39, 0.29) is 12.6 Å². The summed E-state index contributed by atoms with van der Waals surface area (Å²) in [6, 6.07) is 0.730. The number of rotatable bonds is 6. The number of aliphatic hydroxyl groups is 1. The minimum absolute atomic E-state index is 0.189. The predicted molar refractivity (Wildman–Crippen MR) is 86.5 cm³/mol. The Morgan fingerprint density at radius 3 is 2.67 bits per heavy atom. The lowest BCUT2D eigenvalue weighted by Gasteiger charge is -2.46. The van der Waals surface area contributed by atoms with Crippen molar-refractivity contribution in [2.45, 2.75) is 58.5 Å². The minimum Gasteiger partial charge on any atom is -0.395 e. The molecule has 2 fully saturated rings. The van der Waals surface area contributed by atoms with Gasteiger partial charge < -0.3 is 15.2 Å². The van der Waals surface area contributed by atoms with Gasteiger partial charge in [-0.05, 0) is 24.2 Å². The summed E-state index contributed by atoms with van der Waals surface area (Å²) in [4.78, 5) is 2.47. The van der Waals surface area contributed by atoms with E-state index in [2.05, 4.69) is 31.0 Å². The topological polar surface area (TPSA) is 44.7 Å². The van der Waals surface area contributed by atoms with Crippen LogP contribution in [0.4, 0.5) is 0 Å². The first-order valence-corrected chi connectivity index (χ1v) is 8.71. The smallest absolute Gasteiger partial charge is 0.0644 e. The van der Waals surface area contributed by atoms with Crippen LogP contribution in [0.3, 0.4) is 0 Å². The largest absolute Gasteiger partial charge is 0.395 e. The molecule has 4 nitrogen and oxygen atoms in total. The van der Waals surface area contributed by atoms with Crippen molar-refractivity contribution in [3.63, 3.8) is 0 Å². The lowest BCUT2D eigenvalue weighted by atomic mass is 9.70. The first-order chi connectivity index (χ1) is 10.0. The molecule has 2 rings (SSSR count). The zero-order chi connectivity index (χ0) is 15.3. The van der Waals surface area contributed by atoms with E-state index in [9.17, 15) is 5.11 Å². The van der Waals surface area contributed by atoms with Gasteiger partial charge in [-0.2, -0.15) is 0 Å².